The Morgan fingerprint density at radius 1 is 1.35 bits per heavy atom. The van der Waals surface area contributed by atoms with Crippen molar-refractivity contribution in [2.45, 2.75) is 45.3 Å². The predicted octanol–water partition coefficient (Wildman–Crippen LogP) is 3.81. The molecular formula is C18H22N2O2S. The molecule has 1 fully saturated rings. The van der Waals surface area contributed by atoms with E-state index in [4.69, 9.17) is 4.74 Å². The van der Waals surface area contributed by atoms with Crippen LogP contribution in [0, 0.1) is 6.92 Å². The van der Waals surface area contributed by atoms with Crippen LogP contribution in [0.1, 0.15) is 42.2 Å². The smallest absolute Gasteiger partial charge is 0.271 e. The maximum absolute atomic E-state index is 12.7. The normalized spacial score (nSPS) is 20.2. The molecule has 23 heavy (non-hydrogen) atoms. The Kier molecular flexibility index (Phi) is 4.50. The topological polar surface area (TPSA) is 51.2 Å². The number of rotatable bonds is 3. The van der Waals surface area contributed by atoms with Gasteiger partial charge in [-0.15, -0.1) is 11.3 Å². The molecule has 1 unspecified atom stereocenters. The van der Waals surface area contributed by atoms with Crippen molar-refractivity contribution in [3.8, 4) is 10.4 Å². The van der Waals surface area contributed by atoms with Gasteiger partial charge in [0.2, 0.25) is 0 Å². The van der Waals surface area contributed by atoms with Crippen LogP contribution in [0.25, 0.3) is 10.4 Å². The highest BCUT2D eigenvalue weighted by Gasteiger charge is 2.30. The van der Waals surface area contributed by atoms with Gasteiger partial charge in [-0.1, -0.05) is 30.3 Å². The van der Waals surface area contributed by atoms with Crippen LogP contribution in [0.3, 0.4) is 0 Å². The first-order chi connectivity index (χ1) is 10.9. The van der Waals surface area contributed by atoms with E-state index < -0.39 is 0 Å². The number of hydrogen-bond donors (Lipinski definition) is 1. The number of aromatic nitrogens is 1. The van der Waals surface area contributed by atoms with E-state index in [1.807, 2.05) is 37.3 Å². The summed E-state index contributed by atoms with van der Waals surface area (Å²) in [5, 5.41) is 4.04. The van der Waals surface area contributed by atoms with Crippen molar-refractivity contribution in [2.24, 2.45) is 0 Å². The second kappa shape index (κ2) is 6.42. The lowest BCUT2D eigenvalue weighted by molar-refractivity contribution is -0.0615. The number of carbonyl (C=O) groups is 1. The van der Waals surface area contributed by atoms with Crippen molar-refractivity contribution in [1.82, 2.24) is 10.3 Å². The zero-order valence-electron chi connectivity index (χ0n) is 13.8. The molecule has 1 amide bonds. The lowest BCUT2D eigenvalue weighted by atomic mass is 9.94. The average Bonchev–Trinajstić information content (AvgIpc) is 2.89. The summed E-state index contributed by atoms with van der Waals surface area (Å²) in [5.41, 5.74) is 1.38. The zero-order chi connectivity index (χ0) is 16.4. The summed E-state index contributed by atoms with van der Waals surface area (Å²) < 4.78 is 5.72. The lowest BCUT2D eigenvalue weighted by Crippen LogP contribution is -2.46. The Balaban J connectivity index is 1.80. The second-order valence-electron chi connectivity index (χ2n) is 6.55. The maximum Gasteiger partial charge on any atom is 0.271 e. The number of carbonyl (C=O) groups excluding carboxylic acids is 1. The highest BCUT2D eigenvalue weighted by molar-refractivity contribution is 7.15. The van der Waals surface area contributed by atoms with Crippen LogP contribution in [-0.2, 0) is 4.74 Å². The molecule has 3 rings (SSSR count). The molecule has 0 bridgehead atoms. The molecule has 0 radical (unpaired) electrons. The average molecular weight is 330 g/mol. The van der Waals surface area contributed by atoms with Gasteiger partial charge in [-0.3, -0.25) is 4.79 Å². The standard InChI is InChI=1S/C18H22N2O2S/c1-12-19-15(16(23-12)13-7-5-4-6-8-13)17(21)20-14-9-10-22-18(2,3)11-14/h4-8,14H,9-11H2,1-3H3,(H,20,21). The van der Waals surface area contributed by atoms with Crippen molar-refractivity contribution in [2.75, 3.05) is 6.61 Å². The van der Waals surface area contributed by atoms with Crippen LogP contribution in [-0.4, -0.2) is 29.1 Å². The minimum atomic E-state index is -0.184. The predicted molar refractivity (Wildman–Crippen MR) is 92.8 cm³/mol. The van der Waals surface area contributed by atoms with E-state index in [0.717, 1.165) is 28.3 Å². The minimum Gasteiger partial charge on any atom is -0.375 e. The van der Waals surface area contributed by atoms with Crippen LogP contribution >= 0.6 is 11.3 Å². The van der Waals surface area contributed by atoms with Crippen LogP contribution in [0.5, 0.6) is 0 Å². The van der Waals surface area contributed by atoms with Crippen molar-refractivity contribution in [3.63, 3.8) is 0 Å². The Morgan fingerprint density at radius 2 is 2.09 bits per heavy atom. The Morgan fingerprint density at radius 3 is 2.78 bits per heavy atom. The Bertz CT molecular complexity index is 694. The molecule has 4 nitrogen and oxygen atoms in total. The fourth-order valence-electron chi connectivity index (χ4n) is 2.97. The summed E-state index contributed by atoms with van der Waals surface area (Å²) in [7, 11) is 0. The highest BCUT2D eigenvalue weighted by Crippen LogP contribution is 2.30. The molecule has 1 aliphatic heterocycles. The van der Waals surface area contributed by atoms with Crippen molar-refractivity contribution in [1.29, 1.82) is 0 Å². The van der Waals surface area contributed by atoms with E-state index in [2.05, 4.69) is 24.1 Å². The van der Waals surface area contributed by atoms with Crippen molar-refractivity contribution >= 4 is 17.2 Å². The summed E-state index contributed by atoms with van der Waals surface area (Å²) in [4.78, 5) is 18.1. The van der Waals surface area contributed by atoms with Gasteiger partial charge in [-0.2, -0.15) is 0 Å². The Labute approximate surface area is 140 Å². The highest BCUT2D eigenvalue weighted by atomic mass is 32.1. The fourth-order valence-corrected chi connectivity index (χ4v) is 3.90. The molecule has 1 N–H and O–H groups in total. The van der Waals surface area contributed by atoms with Crippen LogP contribution in [0.15, 0.2) is 30.3 Å². The van der Waals surface area contributed by atoms with Crippen LogP contribution in [0.4, 0.5) is 0 Å². The molecule has 0 aliphatic carbocycles. The fraction of sp³-hybridized carbons (Fsp3) is 0.444. The van der Waals surface area contributed by atoms with E-state index in [-0.39, 0.29) is 17.6 Å². The van der Waals surface area contributed by atoms with E-state index in [9.17, 15) is 4.79 Å². The van der Waals surface area contributed by atoms with Gasteiger partial charge >= 0.3 is 0 Å². The molecule has 2 aromatic rings. The monoisotopic (exact) mass is 330 g/mol. The summed E-state index contributed by atoms with van der Waals surface area (Å²) in [6.07, 6.45) is 1.67. The van der Waals surface area contributed by atoms with Gasteiger partial charge in [-0.25, -0.2) is 4.98 Å². The summed E-state index contributed by atoms with van der Waals surface area (Å²) in [6, 6.07) is 10.1. The number of hydrogen-bond acceptors (Lipinski definition) is 4. The molecule has 1 aromatic carbocycles. The van der Waals surface area contributed by atoms with Gasteiger partial charge in [0.15, 0.2) is 0 Å². The third-order valence-electron chi connectivity index (χ3n) is 4.02. The molecule has 0 spiro atoms. The molecule has 1 aromatic heterocycles. The summed E-state index contributed by atoms with van der Waals surface area (Å²) in [5.74, 6) is -0.0871. The second-order valence-corrected chi connectivity index (χ2v) is 7.75. The molecule has 1 aliphatic rings. The van der Waals surface area contributed by atoms with Crippen molar-refractivity contribution in [3.05, 3.63) is 41.0 Å². The number of thiazole rings is 1. The van der Waals surface area contributed by atoms with E-state index in [1.165, 1.54) is 0 Å². The minimum absolute atomic E-state index is 0.0871. The van der Waals surface area contributed by atoms with Crippen molar-refractivity contribution < 1.29 is 9.53 Å². The molecule has 1 saturated heterocycles. The van der Waals surface area contributed by atoms with Crippen LogP contribution in [0.2, 0.25) is 0 Å². The molecular weight excluding hydrogens is 308 g/mol. The quantitative estimate of drug-likeness (QED) is 0.931. The number of amides is 1. The largest absolute Gasteiger partial charge is 0.375 e. The van der Waals surface area contributed by atoms with Gasteiger partial charge < -0.3 is 10.1 Å². The third kappa shape index (κ3) is 3.79. The zero-order valence-corrected chi connectivity index (χ0v) is 14.6. The van der Waals surface area contributed by atoms with E-state index >= 15 is 0 Å². The summed E-state index contributed by atoms with van der Waals surface area (Å²) in [6.45, 7) is 6.74. The van der Waals surface area contributed by atoms with Gasteiger partial charge in [0.05, 0.1) is 15.5 Å². The molecule has 2 heterocycles. The lowest BCUT2D eigenvalue weighted by Gasteiger charge is -2.35. The Hall–Kier alpha value is -1.72. The van der Waals surface area contributed by atoms with Gasteiger partial charge in [0.25, 0.3) is 5.91 Å². The molecule has 122 valence electrons. The molecule has 1 atom stereocenters. The maximum atomic E-state index is 12.7. The first-order valence-electron chi connectivity index (χ1n) is 7.92. The first kappa shape index (κ1) is 16.1. The van der Waals surface area contributed by atoms with E-state index in [1.54, 1.807) is 11.3 Å². The van der Waals surface area contributed by atoms with Gasteiger partial charge in [0, 0.05) is 12.6 Å². The van der Waals surface area contributed by atoms with Gasteiger partial charge in [0.1, 0.15) is 5.69 Å². The van der Waals surface area contributed by atoms with Crippen LogP contribution < -0.4 is 5.32 Å². The number of nitrogens with zero attached hydrogens (tertiary/aromatic N) is 1. The van der Waals surface area contributed by atoms with Gasteiger partial charge in [-0.05, 0) is 39.2 Å². The van der Waals surface area contributed by atoms with E-state index in [0.29, 0.717) is 12.3 Å². The SMILES string of the molecule is Cc1nc(C(=O)NC2CCOC(C)(C)C2)c(-c2ccccc2)s1. The number of nitrogens with one attached hydrogen (secondary N) is 1. The number of ether oxygens (including phenoxy) is 1. The molecule has 0 saturated carbocycles. The summed E-state index contributed by atoms with van der Waals surface area (Å²) >= 11 is 1.56. The number of benzene rings is 1. The third-order valence-corrected chi connectivity index (χ3v) is 5.04. The first-order valence-corrected chi connectivity index (χ1v) is 8.74. The number of aryl methyl sites for hydroxylation is 1. The molecule has 5 heteroatoms.